The zero-order chi connectivity index (χ0) is 15.3. The predicted octanol–water partition coefficient (Wildman–Crippen LogP) is 1.81. The molecule has 3 N–H and O–H groups in total. The highest BCUT2D eigenvalue weighted by atomic mass is 19.1. The number of nitrogens with zero attached hydrogens (tertiary/aromatic N) is 2. The molecule has 0 bridgehead atoms. The lowest BCUT2D eigenvalue weighted by atomic mass is 10.1. The van der Waals surface area contributed by atoms with E-state index in [0.29, 0.717) is 0 Å². The third-order valence-corrected chi connectivity index (χ3v) is 2.94. The van der Waals surface area contributed by atoms with Crippen molar-refractivity contribution < 1.29 is 18.8 Å². The molecule has 1 unspecified atom stereocenters. The Morgan fingerprint density at radius 2 is 2.15 bits per heavy atom. The van der Waals surface area contributed by atoms with Gasteiger partial charge in [-0.1, -0.05) is 12.1 Å². The lowest BCUT2D eigenvalue weighted by Crippen LogP contribution is -2.39. The van der Waals surface area contributed by atoms with Crippen LogP contribution in [0, 0.1) is 17.6 Å². The molecule has 0 fully saturated rings. The molecule has 1 atom stereocenters. The van der Waals surface area contributed by atoms with E-state index in [0.717, 1.165) is 18.2 Å². The predicted molar refractivity (Wildman–Crippen MR) is 70.5 cm³/mol. The SMILES string of the molecule is CCN(CC(C)C(N)=NO)C(=O)c1cc(F)ccc1F. The van der Waals surface area contributed by atoms with E-state index < -0.39 is 23.5 Å². The monoisotopic (exact) mass is 285 g/mol. The van der Waals surface area contributed by atoms with Crippen LogP contribution in [-0.2, 0) is 0 Å². The molecule has 5 nitrogen and oxygen atoms in total. The number of halogens is 2. The van der Waals surface area contributed by atoms with E-state index in [-0.39, 0.29) is 24.5 Å². The molecule has 110 valence electrons. The van der Waals surface area contributed by atoms with E-state index in [1.165, 1.54) is 4.90 Å². The molecule has 0 saturated heterocycles. The van der Waals surface area contributed by atoms with E-state index in [9.17, 15) is 13.6 Å². The summed E-state index contributed by atoms with van der Waals surface area (Å²) in [6, 6.07) is 2.71. The van der Waals surface area contributed by atoms with Crippen molar-refractivity contribution in [2.45, 2.75) is 13.8 Å². The Bertz CT molecular complexity index is 520. The molecule has 0 radical (unpaired) electrons. The molecule has 0 aliphatic heterocycles. The first-order chi connectivity index (χ1) is 9.40. The molecular formula is C13H17F2N3O2. The van der Waals surface area contributed by atoms with Gasteiger partial charge in [-0.05, 0) is 25.1 Å². The average Bonchev–Trinajstić information content (AvgIpc) is 2.45. The fourth-order valence-corrected chi connectivity index (χ4v) is 1.71. The molecule has 0 aliphatic carbocycles. The second-order valence-electron chi connectivity index (χ2n) is 4.39. The number of oxime groups is 1. The molecule has 0 saturated carbocycles. The highest BCUT2D eigenvalue weighted by Gasteiger charge is 2.21. The fraction of sp³-hybridized carbons (Fsp3) is 0.385. The van der Waals surface area contributed by atoms with E-state index in [1.807, 2.05) is 0 Å². The van der Waals surface area contributed by atoms with Crippen molar-refractivity contribution in [2.75, 3.05) is 13.1 Å². The lowest BCUT2D eigenvalue weighted by molar-refractivity contribution is 0.0748. The van der Waals surface area contributed by atoms with Crippen LogP contribution in [0.5, 0.6) is 0 Å². The second kappa shape index (κ2) is 6.83. The van der Waals surface area contributed by atoms with Crippen molar-refractivity contribution in [1.29, 1.82) is 0 Å². The first-order valence-electron chi connectivity index (χ1n) is 6.12. The van der Waals surface area contributed by atoms with Gasteiger partial charge in [0, 0.05) is 19.0 Å². The molecule has 0 aliphatic rings. The number of benzene rings is 1. The normalized spacial score (nSPS) is 13.1. The Kier molecular flexibility index (Phi) is 5.42. The van der Waals surface area contributed by atoms with Crippen LogP contribution in [0.15, 0.2) is 23.4 Å². The highest BCUT2D eigenvalue weighted by Crippen LogP contribution is 2.13. The molecule has 1 rings (SSSR count). The van der Waals surface area contributed by atoms with Crippen LogP contribution in [0.2, 0.25) is 0 Å². The standard InChI is InChI=1S/C13H17F2N3O2/c1-3-18(7-8(2)12(16)17-20)13(19)10-6-9(14)4-5-11(10)15/h4-6,8,20H,3,7H2,1-2H3,(H2,16,17). The molecule has 0 aromatic heterocycles. The minimum absolute atomic E-state index is 0.0315. The zero-order valence-corrected chi connectivity index (χ0v) is 11.3. The quantitative estimate of drug-likeness (QED) is 0.375. The number of hydrogen-bond acceptors (Lipinski definition) is 3. The molecule has 20 heavy (non-hydrogen) atoms. The number of nitrogens with two attached hydrogens (primary N) is 1. The van der Waals surface area contributed by atoms with Gasteiger partial charge in [0.2, 0.25) is 0 Å². The van der Waals surface area contributed by atoms with Crippen molar-refractivity contribution in [3.05, 3.63) is 35.4 Å². The Morgan fingerprint density at radius 1 is 1.50 bits per heavy atom. The maximum absolute atomic E-state index is 13.6. The van der Waals surface area contributed by atoms with Gasteiger partial charge < -0.3 is 15.8 Å². The Labute approximate surface area is 115 Å². The first kappa shape index (κ1) is 15.9. The van der Waals surface area contributed by atoms with Crippen LogP contribution in [0.1, 0.15) is 24.2 Å². The van der Waals surface area contributed by atoms with Crippen molar-refractivity contribution in [1.82, 2.24) is 4.90 Å². The van der Waals surface area contributed by atoms with Crippen LogP contribution in [0.3, 0.4) is 0 Å². The van der Waals surface area contributed by atoms with Gasteiger partial charge in [0.05, 0.1) is 5.56 Å². The lowest BCUT2D eigenvalue weighted by Gasteiger charge is -2.24. The smallest absolute Gasteiger partial charge is 0.256 e. The van der Waals surface area contributed by atoms with Gasteiger partial charge in [-0.15, -0.1) is 0 Å². The Hall–Kier alpha value is -2.18. The molecule has 0 spiro atoms. The Balaban J connectivity index is 2.95. The summed E-state index contributed by atoms with van der Waals surface area (Å²) in [5.41, 5.74) is 5.11. The van der Waals surface area contributed by atoms with E-state index in [2.05, 4.69) is 5.16 Å². The maximum atomic E-state index is 13.6. The number of amides is 1. The van der Waals surface area contributed by atoms with Crippen molar-refractivity contribution in [3.63, 3.8) is 0 Å². The van der Waals surface area contributed by atoms with Gasteiger partial charge in [0.15, 0.2) is 0 Å². The van der Waals surface area contributed by atoms with Gasteiger partial charge >= 0.3 is 0 Å². The van der Waals surface area contributed by atoms with Crippen molar-refractivity contribution in [3.8, 4) is 0 Å². The average molecular weight is 285 g/mol. The summed E-state index contributed by atoms with van der Waals surface area (Å²) in [6.07, 6.45) is 0. The number of hydrogen-bond donors (Lipinski definition) is 2. The third-order valence-electron chi connectivity index (χ3n) is 2.94. The molecule has 7 heteroatoms. The minimum atomic E-state index is -0.786. The fourth-order valence-electron chi connectivity index (χ4n) is 1.71. The molecule has 1 amide bonds. The van der Waals surface area contributed by atoms with Gasteiger partial charge in [0.1, 0.15) is 17.5 Å². The van der Waals surface area contributed by atoms with E-state index in [1.54, 1.807) is 13.8 Å². The van der Waals surface area contributed by atoms with Crippen LogP contribution >= 0.6 is 0 Å². The van der Waals surface area contributed by atoms with Crippen molar-refractivity contribution in [2.24, 2.45) is 16.8 Å². The van der Waals surface area contributed by atoms with E-state index in [4.69, 9.17) is 10.9 Å². The van der Waals surface area contributed by atoms with Crippen LogP contribution in [0.25, 0.3) is 0 Å². The number of carbonyl (C=O) groups is 1. The maximum Gasteiger partial charge on any atom is 0.256 e. The van der Waals surface area contributed by atoms with Crippen LogP contribution < -0.4 is 5.73 Å². The molecule has 1 aromatic rings. The summed E-state index contributed by atoms with van der Waals surface area (Å²) >= 11 is 0. The first-order valence-corrected chi connectivity index (χ1v) is 6.12. The number of carbonyl (C=O) groups excluding carboxylic acids is 1. The summed E-state index contributed by atoms with van der Waals surface area (Å²) in [5.74, 6) is -2.54. The summed E-state index contributed by atoms with van der Waals surface area (Å²) in [4.78, 5) is 13.5. The van der Waals surface area contributed by atoms with Crippen LogP contribution in [0.4, 0.5) is 8.78 Å². The van der Waals surface area contributed by atoms with Crippen molar-refractivity contribution >= 4 is 11.7 Å². The Morgan fingerprint density at radius 3 is 2.70 bits per heavy atom. The van der Waals surface area contributed by atoms with Gasteiger partial charge in [-0.2, -0.15) is 0 Å². The summed E-state index contributed by atoms with van der Waals surface area (Å²) in [6.45, 7) is 3.79. The second-order valence-corrected chi connectivity index (χ2v) is 4.39. The van der Waals surface area contributed by atoms with Gasteiger partial charge in [0.25, 0.3) is 5.91 Å². The number of amidine groups is 1. The summed E-state index contributed by atoms with van der Waals surface area (Å²) in [5, 5.41) is 11.4. The topological polar surface area (TPSA) is 78.9 Å². The largest absolute Gasteiger partial charge is 0.409 e. The molecular weight excluding hydrogens is 268 g/mol. The number of rotatable bonds is 5. The molecule has 1 aromatic carbocycles. The van der Waals surface area contributed by atoms with E-state index >= 15 is 0 Å². The van der Waals surface area contributed by atoms with Crippen LogP contribution in [-0.4, -0.2) is 34.9 Å². The van der Waals surface area contributed by atoms with Gasteiger partial charge in [-0.3, -0.25) is 4.79 Å². The zero-order valence-electron chi connectivity index (χ0n) is 11.3. The minimum Gasteiger partial charge on any atom is -0.409 e. The summed E-state index contributed by atoms with van der Waals surface area (Å²) < 4.78 is 26.7. The highest BCUT2D eigenvalue weighted by molar-refractivity contribution is 5.95. The molecule has 0 heterocycles. The third kappa shape index (κ3) is 3.66. The van der Waals surface area contributed by atoms with Gasteiger partial charge in [-0.25, -0.2) is 8.78 Å². The summed E-state index contributed by atoms with van der Waals surface area (Å²) in [7, 11) is 0.